The molecule has 1 aliphatic heterocycles. The van der Waals surface area contributed by atoms with Crippen LogP contribution >= 0.6 is 0 Å². The second-order valence-electron chi connectivity index (χ2n) is 4.53. The molecule has 0 bridgehead atoms. The van der Waals surface area contributed by atoms with E-state index in [0.29, 0.717) is 6.67 Å². The first-order chi connectivity index (χ1) is 8.44. The van der Waals surface area contributed by atoms with Gasteiger partial charge in [0.2, 0.25) is 0 Å². The van der Waals surface area contributed by atoms with Crippen molar-refractivity contribution in [3.63, 3.8) is 0 Å². The molecule has 4 nitrogen and oxygen atoms in total. The van der Waals surface area contributed by atoms with Crippen molar-refractivity contribution in [2.24, 2.45) is 4.99 Å². The monoisotopic (exact) mass is 264 g/mol. The van der Waals surface area contributed by atoms with Gasteiger partial charge in [-0.05, 0) is 36.3 Å². The predicted octanol–water partition coefficient (Wildman–Crippen LogP) is 1.90. The highest BCUT2D eigenvalue weighted by atomic mass is 32.2. The number of benzene rings is 1. The second kappa shape index (κ2) is 4.94. The van der Waals surface area contributed by atoms with Gasteiger partial charge in [0.25, 0.3) is 0 Å². The van der Waals surface area contributed by atoms with E-state index in [1.807, 2.05) is 42.3 Å². The summed E-state index contributed by atoms with van der Waals surface area (Å²) in [6, 6.07) is 5.83. The number of hydrogen-bond donors (Lipinski definition) is 0. The Balaban J connectivity index is 2.32. The predicted molar refractivity (Wildman–Crippen MR) is 74.7 cm³/mol. The van der Waals surface area contributed by atoms with Crippen molar-refractivity contribution in [2.45, 2.75) is 12.7 Å². The van der Waals surface area contributed by atoms with E-state index in [-0.39, 0.29) is 5.75 Å². The van der Waals surface area contributed by atoms with Crippen LogP contribution in [0.4, 0.5) is 5.69 Å². The highest BCUT2D eigenvalue weighted by Gasteiger charge is 2.09. The summed E-state index contributed by atoms with van der Waals surface area (Å²) in [5.74, 6) is 0.0719. The van der Waals surface area contributed by atoms with Crippen LogP contribution in [0.5, 0.6) is 0 Å². The van der Waals surface area contributed by atoms with Crippen molar-refractivity contribution in [3.8, 4) is 0 Å². The van der Waals surface area contributed by atoms with Crippen LogP contribution in [-0.4, -0.2) is 27.6 Å². The number of hydrogen-bond acceptors (Lipinski definition) is 4. The van der Waals surface area contributed by atoms with Crippen molar-refractivity contribution in [1.29, 1.82) is 0 Å². The maximum Gasteiger partial charge on any atom is 0.151 e. The standard InChI is InChI=1S/C13H16N2O2S/c1-11-6-12(9-18(2,16)17)8-13(7-11)15-5-3-4-14-10-15/h3-8H,9-10H2,1-2H3. The number of aryl methyl sites for hydroxylation is 1. The minimum absolute atomic E-state index is 0.0719. The van der Waals surface area contributed by atoms with Crippen LogP contribution in [0.25, 0.3) is 0 Å². The van der Waals surface area contributed by atoms with Crippen LogP contribution in [-0.2, 0) is 15.6 Å². The lowest BCUT2D eigenvalue weighted by Gasteiger charge is -2.21. The fraction of sp³-hybridized carbons (Fsp3) is 0.308. The second-order valence-corrected chi connectivity index (χ2v) is 6.67. The van der Waals surface area contributed by atoms with Gasteiger partial charge in [0, 0.05) is 24.4 Å². The van der Waals surface area contributed by atoms with E-state index in [2.05, 4.69) is 4.99 Å². The molecule has 18 heavy (non-hydrogen) atoms. The van der Waals surface area contributed by atoms with E-state index >= 15 is 0 Å². The Morgan fingerprint density at radius 3 is 2.72 bits per heavy atom. The van der Waals surface area contributed by atoms with Crippen LogP contribution in [0.1, 0.15) is 11.1 Å². The third kappa shape index (κ3) is 3.43. The molecular weight excluding hydrogens is 248 g/mol. The van der Waals surface area contributed by atoms with Crippen molar-refractivity contribution < 1.29 is 8.42 Å². The SMILES string of the molecule is Cc1cc(CS(C)(=O)=O)cc(N2C=CC=NC2)c1. The fourth-order valence-corrected chi connectivity index (χ4v) is 2.72. The minimum atomic E-state index is -3.01. The fourth-order valence-electron chi connectivity index (χ4n) is 1.95. The van der Waals surface area contributed by atoms with E-state index in [0.717, 1.165) is 16.8 Å². The zero-order valence-corrected chi connectivity index (χ0v) is 11.3. The van der Waals surface area contributed by atoms with Gasteiger partial charge in [-0.25, -0.2) is 8.42 Å². The largest absolute Gasteiger partial charge is 0.328 e. The van der Waals surface area contributed by atoms with E-state index in [1.54, 1.807) is 6.21 Å². The molecule has 1 aliphatic rings. The molecule has 0 spiro atoms. The third-order valence-corrected chi connectivity index (χ3v) is 3.43. The number of anilines is 1. The van der Waals surface area contributed by atoms with Crippen LogP contribution in [0, 0.1) is 6.92 Å². The molecular formula is C13H16N2O2S. The van der Waals surface area contributed by atoms with Gasteiger partial charge in [-0.15, -0.1) is 0 Å². The number of rotatable bonds is 3. The van der Waals surface area contributed by atoms with Gasteiger partial charge in [0.1, 0.15) is 6.67 Å². The molecule has 0 saturated carbocycles. The first-order valence-electron chi connectivity index (χ1n) is 5.65. The molecule has 2 rings (SSSR count). The zero-order valence-electron chi connectivity index (χ0n) is 10.5. The van der Waals surface area contributed by atoms with E-state index < -0.39 is 9.84 Å². The molecule has 0 fully saturated rings. The molecule has 0 unspecified atom stereocenters. The summed E-state index contributed by atoms with van der Waals surface area (Å²) in [5, 5.41) is 0. The van der Waals surface area contributed by atoms with Gasteiger partial charge in [-0.3, -0.25) is 4.99 Å². The first kappa shape index (κ1) is 12.8. The van der Waals surface area contributed by atoms with Crippen molar-refractivity contribution >= 4 is 21.7 Å². The van der Waals surface area contributed by atoms with Gasteiger partial charge in [0.05, 0.1) is 5.75 Å². The summed E-state index contributed by atoms with van der Waals surface area (Å²) in [4.78, 5) is 6.15. The smallest absolute Gasteiger partial charge is 0.151 e. The Labute approximate surface area is 108 Å². The minimum Gasteiger partial charge on any atom is -0.328 e. The van der Waals surface area contributed by atoms with Gasteiger partial charge >= 0.3 is 0 Å². The zero-order chi connectivity index (χ0) is 13.2. The van der Waals surface area contributed by atoms with Crippen LogP contribution in [0.15, 0.2) is 35.5 Å². The lowest BCUT2D eigenvalue weighted by atomic mass is 10.1. The number of allylic oxidation sites excluding steroid dienone is 1. The number of sulfone groups is 1. The Morgan fingerprint density at radius 2 is 2.11 bits per heavy atom. The molecule has 0 saturated heterocycles. The average molecular weight is 264 g/mol. The van der Waals surface area contributed by atoms with Crippen LogP contribution in [0.3, 0.4) is 0 Å². The summed E-state index contributed by atoms with van der Waals surface area (Å²) in [6.07, 6.45) is 6.80. The molecule has 96 valence electrons. The van der Waals surface area contributed by atoms with Crippen molar-refractivity contribution in [2.75, 3.05) is 17.8 Å². The van der Waals surface area contributed by atoms with Gasteiger partial charge < -0.3 is 4.90 Å². The van der Waals surface area contributed by atoms with Gasteiger partial charge in [0.15, 0.2) is 9.84 Å². The topological polar surface area (TPSA) is 49.7 Å². The molecule has 1 aromatic rings. The Bertz CT molecular complexity index is 603. The lowest BCUT2D eigenvalue weighted by molar-refractivity contribution is 0.601. The molecule has 0 aliphatic carbocycles. The van der Waals surface area contributed by atoms with Crippen LogP contribution in [0.2, 0.25) is 0 Å². The molecule has 0 atom stereocenters. The average Bonchev–Trinajstić information content (AvgIpc) is 2.27. The molecule has 0 radical (unpaired) electrons. The molecule has 5 heteroatoms. The van der Waals surface area contributed by atoms with Gasteiger partial charge in [-0.1, -0.05) is 6.07 Å². The molecule has 0 aromatic heterocycles. The normalized spacial score (nSPS) is 15.1. The number of nitrogens with zero attached hydrogens (tertiary/aromatic N) is 2. The van der Waals surface area contributed by atoms with Crippen LogP contribution < -0.4 is 4.90 Å². The molecule has 0 amide bonds. The summed E-state index contributed by atoms with van der Waals surface area (Å²) in [7, 11) is -3.01. The summed E-state index contributed by atoms with van der Waals surface area (Å²) in [6.45, 7) is 2.53. The summed E-state index contributed by atoms with van der Waals surface area (Å²) >= 11 is 0. The first-order valence-corrected chi connectivity index (χ1v) is 7.72. The van der Waals surface area contributed by atoms with E-state index in [1.165, 1.54) is 6.26 Å². The van der Waals surface area contributed by atoms with E-state index in [4.69, 9.17) is 0 Å². The Hall–Kier alpha value is -1.62. The Kier molecular flexibility index (Phi) is 3.52. The lowest BCUT2D eigenvalue weighted by Crippen LogP contribution is -2.18. The Morgan fingerprint density at radius 1 is 1.33 bits per heavy atom. The maximum absolute atomic E-state index is 11.3. The maximum atomic E-state index is 11.3. The highest BCUT2D eigenvalue weighted by molar-refractivity contribution is 7.89. The molecule has 1 heterocycles. The van der Waals surface area contributed by atoms with Crippen molar-refractivity contribution in [3.05, 3.63) is 41.6 Å². The molecule has 1 aromatic carbocycles. The quantitative estimate of drug-likeness (QED) is 0.838. The highest BCUT2D eigenvalue weighted by Crippen LogP contribution is 2.21. The summed E-state index contributed by atoms with van der Waals surface area (Å²) in [5.41, 5.74) is 2.84. The summed E-state index contributed by atoms with van der Waals surface area (Å²) < 4.78 is 22.7. The number of aliphatic imine (C=N–C) groups is 1. The third-order valence-electron chi connectivity index (χ3n) is 2.57. The van der Waals surface area contributed by atoms with Crippen molar-refractivity contribution in [1.82, 2.24) is 0 Å². The molecule has 0 N–H and O–H groups in total. The van der Waals surface area contributed by atoms with Gasteiger partial charge in [-0.2, -0.15) is 0 Å². The van der Waals surface area contributed by atoms with E-state index in [9.17, 15) is 8.42 Å².